The van der Waals surface area contributed by atoms with E-state index in [9.17, 15) is 9.59 Å². The summed E-state index contributed by atoms with van der Waals surface area (Å²) in [6.45, 7) is 0. The van der Waals surface area contributed by atoms with Gasteiger partial charge in [0.2, 0.25) is 5.13 Å². The molecule has 0 aliphatic rings. The summed E-state index contributed by atoms with van der Waals surface area (Å²) in [5.74, 6) is -1.44. The first-order valence-corrected chi connectivity index (χ1v) is 5.20. The number of ether oxygens (including phenoxy) is 1. The van der Waals surface area contributed by atoms with Crippen molar-refractivity contribution in [1.29, 1.82) is 0 Å². The first kappa shape index (κ1) is 12.2. The lowest BCUT2D eigenvalue weighted by Gasteiger charge is -1.99. The summed E-state index contributed by atoms with van der Waals surface area (Å²) >= 11 is 11.4. The topological polar surface area (TPSA) is 81.2 Å². The highest BCUT2D eigenvalue weighted by Crippen LogP contribution is 2.13. The Morgan fingerprint density at radius 2 is 2.20 bits per heavy atom. The Bertz CT molecular complexity index is 381. The van der Waals surface area contributed by atoms with Crippen LogP contribution in [-0.2, 0) is 9.53 Å². The maximum atomic E-state index is 11.0. The van der Waals surface area contributed by atoms with Crippen LogP contribution in [-0.4, -0.2) is 33.2 Å². The van der Waals surface area contributed by atoms with E-state index < -0.39 is 16.7 Å². The maximum Gasteiger partial charge on any atom is 0.377 e. The quantitative estimate of drug-likeness (QED) is 0.656. The fraction of sp³-hybridized carbons (Fsp3) is 0.333. The first-order valence-electron chi connectivity index (χ1n) is 3.55. The summed E-state index contributed by atoms with van der Waals surface area (Å²) < 4.78 is 8.03. The molecule has 0 unspecified atom stereocenters. The minimum Gasteiger partial charge on any atom is -0.463 e. The van der Waals surface area contributed by atoms with Crippen LogP contribution in [0.4, 0.5) is 5.13 Å². The molecule has 0 aromatic carbocycles. The van der Waals surface area contributed by atoms with E-state index in [2.05, 4.69) is 19.4 Å². The van der Waals surface area contributed by atoms with Crippen LogP contribution in [0.5, 0.6) is 0 Å². The van der Waals surface area contributed by atoms with Crippen LogP contribution < -0.4 is 5.32 Å². The lowest BCUT2D eigenvalue weighted by molar-refractivity contribution is -0.114. The molecule has 0 fully saturated rings. The van der Waals surface area contributed by atoms with Gasteiger partial charge >= 0.3 is 5.97 Å². The van der Waals surface area contributed by atoms with Crippen molar-refractivity contribution < 1.29 is 14.3 Å². The summed E-state index contributed by atoms with van der Waals surface area (Å²) in [5.41, 5.74) is 0. The number of amides is 1. The molecule has 1 aromatic heterocycles. The summed E-state index contributed by atoms with van der Waals surface area (Å²) in [4.78, 5) is 24.4. The van der Waals surface area contributed by atoms with Gasteiger partial charge in [-0.05, 0) is 0 Å². The number of carbonyl (C=O) groups is 2. The number of methoxy groups -OCH3 is 1. The van der Waals surface area contributed by atoms with Gasteiger partial charge < -0.3 is 4.74 Å². The van der Waals surface area contributed by atoms with Crippen molar-refractivity contribution in [3.05, 3.63) is 5.82 Å². The number of halogens is 2. The molecule has 0 spiro atoms. The Hall–Kier alpha value is -0.920. The van der Waals surface area contributed by atoms with Crippen LogP contribution in [0.3, 0.4) is 0 Å². The van der Waals surface area contributed by atoms with Crippen molar-refractivity contribution in [1.82, 2.24) is 9.36 Å². The van der Waals surface area contributed by atoms with Gasteiger partial charge in [-0.1, -0.05) is 23.2 Å². The number of esters is 1. The number of carbonyl (C=O) groups excluding carboxylic acids is 2. The molecule has 1 aromatic rings. The van der Waals surface area contributed by atoms with Crippen LogP contribution in [0, 0.1) is 0 Å². The fourth-order valence-electron chi connectivity index (χ4n) is 0.608. The molecule has 6 nitrogen and oxygen atoms in total. The summed E-state index contributed by atoms with van der Waals surface area (Å²) in [6.07, 6.45) is 0. The Labute approximate surface area is 98.7 Å². The molecule has 0 aliphatic heterocycles. The monoisotopic (exact) mass is 269 g/mol. The predicted molar refractivity (Wildman–Crippen MR) is 55.4 cm³/mol. The number of hydrogen-bond donors (Lipinski definition) is 1. The predicted octanol–water partition coefficient (Wildman–Crippen LogP) is 1.07. The van der Waals surface area contributed by atoms with Gasteiger partial charge in [0.15, 0.2) is 4.84 Å². The minimum absolute atomic E-state index is 0.126. The van der Waals surface area contributed by atoms with E-state index in [1.807, 2.05) is 0 Å². The lowest BCUT2D eigenvalue weighted by Crippen LogP contribution is -2.18. The molecule has 0 radical (unpaired) electrons. The zero-order valence-electron chi connectivity index (χ0n) is 7.36. The van der Waals surface area contributed by atoms with Crippen molar-refractivity contribution in [3.63, 3.8) is 0 Å². The number of rotatable bonds is 3. The zero-order chi connectivity index (χ0) is 11.4. The number of hydrogen-bond acceptors (Lipinski definition) is 6. The Morgan fingerprint density at radius 1 is 1.53 bits per heavy atom. The van der Waals surface area contributed by atoms with Crippen LogP contribution in [0.1, 0.15) is 10.6 Å². The molecular weight excluding hydrogens is 265 g/mol. The maximum absolute atomic E-state index is 11.0. The van der Waals surface area contributed by atoms with Crippen LogP contribution in [0.15, 0.2) is 0 Å². The van der Waals surface area contributed by atoms with Gasteiger partial charge in [-0.3, -0.25) is 10.1 Å². The molecular formula is C6H5Cl2N3O3S. The second-order valence-corrected chi connectivity index (χ2v) is 4.05. The van der Waals surface area contributed by atoms with Gasteiger partial charge in [0.25, 0.3) is 11.7 Å². The average molecular weight is 270 g/mol. The Balaban J connectivity index is 2.69. The number of alkyl halides is 2. The van der Waals surface area contributed by atoms with E-state index in [1.54, 1.807) is 0 Å². The second-order valence-electron chi connectivity index (χ2n) is 2.20. The molecule has 1 rings (SSSR count). The molecule has 82 valence electrons. The van der Waals surface area contributed by atoms with Crippen LogP contribution in [0.2, 0.25) is 0 Å². The molecule has 1 amide bonds. The normalized spacial score (nSPS) is 10.1. The van der Waals surface area contributed by atoms with E-state index in [0.29, 0.717) is 0 Å². The molecule has 15 heavy (non-hydrogen) atoms. The fourth-order valence-corrected chi connectivity index (χ4v) is 1.28. The van der Waals surface area contributed by atoms with Crippen molar-refractivity contribution in [3.8, 4) is 0 Å². The SMILES string of the molecule is COC(=O)c1nsc(NC(=O)C(Cl)Cl)n1. The van der Waals surface area contributed by atoms with E-state index in [4.69, 9.17) is 23.2 Å². The standard InChI is InChI=1S/C6H5Cl2N3O3S/c1-14-5(13)3-9-6(15-11-3)10-4(12)2(7)8/h2H,1H3,(H,9,10,11,12). The highest BCUT2D eigenvalue weighted by molar-refractivity contribution is 7.10. The third-order valence-corrected chi connectivity index (χ3v) is 2.25. The third kappa shape index (κ3) is 3.29. The first-order chi connectivity index (χ1) is 7.04. The van der Waals surface area contributed by atoms with E-state index in [-0.39, 0.29) is 11.0 Å². The smallest absolute Gasteiger partial charge is 0.377 e. The van der Waals surface area contributed by atoms with Gasteiger partial charge in [0.1, 0.15) is 0 Å². The average Bonchev–Trinajstić information content (AvgIpc) is 2.65. The van der Waals surface area contributed by atoms with Gasteiger partial charge in [-0.25, -0.2) is 4.79 Å². The molecule has 0 saturated heterocycles. The highest BCUT2D eigenvalue weighted by atomic mass is 35.5. The molecule has 0 aliphatic carbocycles. The van der Waals surface area contributed by atoms with Gasteiger partial charge in [-0.2, -0.15) is 9.36 Å². The summed E-state index contributed by atoms with van der Waals surface area (Å²) in [6, 6.07) is 0. The lowest BCUT2D eigenvalue weighted by atomic mass is 10.6. The zero-order valence-corrected chi connectivity index (χ0v) is 9.69. The third-order valence-electron chi connectivity index (χ3n) is 1.22. The Kier molecular flexibility index (Phi) is 4.25. The van der Waals surface area contributed by atoms with Crippen LogP contribution >= 0.6 is 34.7 Å². The van der Waals surface area contributed by atoms with Crippen molar-refractivity contribution in [2.24, 2.45) is 0 Å². The van der Waals surface area contributed by atoms with E-state index in [1.165, 1.54) is 7.11 Å². The van der Waals surface area contributed by atoms with Crippen LogP contribution in [0.25, 0.3) is 0 Å². The minimum atomic E-state index is -1.20. The van der Waals surface area contributed by atoms with E-state index >= 15 is 0 Å². The van der Waals surface area contributed by atoms with E-state index in [0.717, 1.165) is 11.5 Å². The number of nitrogens with zero attached hydrogens (tertiary/aromatic N) is 2. The number of aromatic nitrogens is 2. The van der Waals surface area contributed by atoms with Gasteiger partial charge in [-0.15, -0.1) is 0 Å². The summed E-state index contributed by atoms with van der Waals surface area (Å²) in [5, 5.41) is 2.41. The highest BCUT2D eigenvalue weighted by Gasteiger charge is 2.17. The Morgan fingerprint density at radius 3 is 2.73 bits per heavy atom. The van der Waals surface area contributed by atoms with Crippen molar-refractivity contribution in [2.45, 2.75) is 4.84 Å². The molecule has 0 atom stereocenters. The van der Waals surface area contributed by atoms with Crippen molar-refractivity contribution in [2.75, 3.05) is 12.4 Å². The molecule has 1 N–H and O–H groups in total. The molecule has 0 saturated carbocycles. The van der Waals surface area contributed by atoms with Gasteiger partial charge in [0, 0.05) is 11.5 Å². The van der Waals surface area contributed by atoms with Gasteiger partial charge in [0.05, 0.1) is 7.11 Å². The number of anilines is 1. The molecule has 1 heterocycles. The molecule has 0 bridgehead atoms. The second kappa shape index (κ2) is 5.24. The summed E-state index contributed by atoms with van der Waals surface area (Å²) in [7, 11) is 1.20. The molecule has 9 heteroatoms. The van der Waals surface area contributed by atoms with Crippen molar-refractivity contribution >= 4 is 51.7 Å². The largest absolute Gasteiger partial charge is 0.463 e. The number of nitrogens with one attached hydrogen (secondary N) is 1.